The summed E-state index contributed by atoms with van der Waals surface area (Å²) in [6, 6.07) is 0. The van der Waals surface area contributed by atoms with Gasteiger partial charge in [0.15, 0.2) is 0 Å². The van der Waals surface area contributed by atoms with Gasteiger partial charge in [-0.15, -0.1) is 0 Å². The van der Waals surface area contributed by atoms with E-state index in [1.54, 1.807) is 32.1 Å². The lowest BCUT2D eigenvalue weighted by Crippen LogP contribution is -2.48. The van der Waals surface area contributed by atoms with Crippen LogP contribution in [0.15, 0.2) is 0 Å². The van der Waals surface area contributed by atoms with Crippen molar-refractivity contribution in [2.75, 3.05) is 26.2 Å². The molecular formula is C16H28N2. The number of nitrogens with two attached hydrogens (primary N) is 1. The second-order valence-corrected chi connectivity index (χ2v) is 7.65. The Morgan fingerprint density at radius 1 is 0.889 bits per heavy atom. The summed E-state index contributed by atoms with van der Waals surface area (Å²) in [7, 11) is 0. The van der Waals surface area contributed by atoms with Crippen LogP contribution in [0.5, 0.6) is 0 Å². The average molecular weight is 248 g/mol. The smallest absolute Gasteiger partial charge is 0.0105 e. The first-order valence-corrected chi connectivity index (χ1v) is 8.26. The molecule has 2 N–H and O–H groups in total. The monoisotopic (exact) mass is 248 g/mol. The molecule has 0 aromatic rings. The molecule has 102 valence electrons. The van der Waals surface area contributed by atoms with Crippen molar-refractivity contribution in [1.82, 2.24) is 4.90 Å². The first kappa shape index (κ1) is 11.7. The van der Waals surface area contributed by atoms with Crippen molar-refractivity contribution in [3.05, 3.63) is 0 Å². The minimum absolute atomic E-state index is 0.842. The van der Waals surface area contributed by atoms with E-state index < -0.39 is 0 Å². The second-order valence-electron chi connectivity index (χ2n) is 7.65. The van der Waals surface area contributed by atoms with Crippen LogP contribution in [-0.2, 0) is 0 Å². The fraction of sp³-hybridized carbons (Fsp3) is 1.00. The summed E-state index contributed by atoms with van der Waals surface area (Å²) in [5, 5.41) is 0. The molecule has 5 fully saturated rings. The molecular weight excluding hydrogens is 220 g/mol. The summed E-state index contributed by atoms with van der Waals surface area (Å²) in [6.07, 6.45) is 9.41. The van der Waals surface area contributed by atoms with E-state index >= 15 is 0 Å². The van der Waals surface area contributed by atoms with Gasteiger partial charge in [-0.3, -0.25) is 0 Å². The second kappa shape index (κ2) is 4.49. The minimum Gasteiger partial charge on any atom is -0.329 e. The van der Waals surface area contributed by atoms with Crippen LogP contribution in [0.4, 0.5) is 0 Å². The van der Waals surface area contributed by atoms with E-state index in [4.69, 9.17) is 5.73 Å². The molecule has 0 aromatic heterocycles. The van der Waals surface area contributed by atoms with Crippen LogP contribution in [0, 0.1) is 35.5 Å². The van der Waals surface area contributed by atoms with Crippen molar-refractivity contribution in [2.45, 2.75) is 38.5 Å². The van der Waals surface area contributed by atoms with Crippen LogP contribution < -0.4 is 5.73 Å². The summed E-state index contributed by atoms with van der Waals surface area (Å²) >= 11 is 0. The first-order valence-electron chi connectivity index (χ1n) is 8.26. The molecule has 5 aliphatic rings. The van der Waals surface area contributed by atoms with Crippen LogP contribution in [-0.4, -0.2) is 31.1 Å². The Kier molecular flexibility index (Phi) is 2.92. The van der Waals surface area contributed by atoms with Gasteiger partial charge in [-0.2, -0.15) is 0 Å². The lowest BCUT2D eigenvalue weighted by molar-refractivity contribution is -0.0595. The maximum absolute atomic E-state index is 5.71. The summed E-state index contributed by atoms with van der Waals surface area (Å²) in [6.45, 7) is 4.66. The van der Waals surface area contributed by atoms with E-state index in [9.17, 15) is 0 Å². The molecule has 1 unspecified atom stereocenters. The Hall–Kier alpha value is -0.0800. The van der Waals surface area contributed by atoms with Crippen molar-refractivity contribution in [2.24, 2.45) is 41.2 Å². The Balaban J connectivity index is 1.46. The molecule has 0 spiro atoms. The van der Waals surface area contributed by atoms with Crippen molar-refractivity contribution in [3.63, 3.8) is 0 Å². The van der Waals surface area contributed by atoms with E-state index in [2.05, 4.69) is 4.90 Å². The van der Waals surface area contributed by atoms with Crippen LogP contribution in [0.2, 0.25) is 0 Å². The molecule has 1 atom stereocenters. The molecule has 4 saturated carbocycles. The van der Waals surface area contributed by atoms with Gasteiger partial charge in [-0.05, 0) is 80.6 Å². The lowest BCUT2D eigenvalue weighted by Gasteiger charge is -2.56. The molecule has 1 heterocycles. The van der Waals surface area contributed by atoms with Crippen molar-refractivity contribution in [1.29, 1.82) is 0 Å². The third-order valence-corrected chi connectivity index (χ3v) is 6.60. The number of likely N-dealkylation sites (tertiary alicyclic amines) is 1. The molecule has 18 heavy (non-hydrogen) atoms. The fourth-order valence-electron chi connectivity index (χ4n) is 6.30. The first-order chi connectivity index (χ1) is 8.83. The van der Waals surface area contributed by atoms with E-state index in [1.807, 2.05) is 0 Å². The van der Waals surface area contributed by atoms with Gasteiger partial charge in [0, 0.05) is 19.6 Å². The molecule has 4 aliphatic carbocycles. The normalized spacial score (nSPS) is 51.2. The predicted molar refractivity (Wildman–Crippen MR) is 74.1 cm³/mol. The van der Waals surface area contributed by atoms with Gasteiger partial charge in [0.1, 0.15) is 0 Å². The number of hydrogen-bond acceptors (Lipinski definition) is 2. The van der Waals surface area contributed by atoms with Gasteiger partial charge in [-0.25, -0.2) is 0 Å². The lowest BCUT2D eigenvalue weighted by atomic mass is 9.49. The highest BCUT2D eigenvalue weighted by Crippen LogP contribution is 2.59. The molecule has 1 aliphatic heterocycles. The van der Waals surface area contributed by atoms with Gasteiger partial charge in [0.25, 0.3) is 0 Å². The zero-order valence-electron chi connectivity index (χ0n) is 11.6. The Morgan fingerprint density at radius 3 is 2.17 bits per heavy atom. The maximum atomic E-state index is 5.71. The number of rotatable bonds is 3. The number of nitrogens with zero attached hydrogens (tertiary/aromatic N) is 1. The molecule has 0 amide bonds. The minimum atomic E-state index is 0.842. The molecule has 0 aromatic carbocycles. The fourth-order valence-corrected chi connectivity index (χ4v) is 6.30. The van der Waals surface area contributed by atoms with Gasteiger partial charge >= 0.3 is 0 Å². The Bertz CT molecular complexity index is 286. The Morgan fingerprint density at radius 2 is 1.56 bits per heavy atom. The van der Waals surface area contributed by atoms with Crippen molar-refractivity contribution >= 4 is 0 Å². The summed E-state index contributed by atoms with van der Waals surface area (Å²) in [4.78, 5) is 2.62. The molecule has 0 radical (unpaired) electrons. The summed E-state index contributed by atoms with van der Waals surface area (Å²) in [5.41, 5.74) is 5.71. The zero-order valence-corrected chi connectivity index (χ0v) is 11.6. The van der Waals surface area contributed by atoms with Crippen LogP contribution in [0.1, 0.15) is 38.5 Å². The molecule has 2 nitrogen and oxygen atoms in total. The van der Waals surface area contributed by atoms with E-state index in [0.717, 1.165) is 48.6 Å². The third kappa shape index (κ3) is 1.84. The van der Waals surface area contributed by atoms with Crippen LogP contribution in [0.3, 0.4) is 0 Å². The predicted octanol–water partition coefficient (Wildman–Crippen LogP) is 2.34. The SMILES string of the molecule is NCCN1CCC(C2C3CC4CC(C3)CC2C4)C1. The quantitative estimate of drug-likeness (QED) is 0.830. The standard InChI is InChI=1S/C16H28N2/c17-2-4-18-3-1-13(10-18)16-14-6-11-5-12(8-14)9-15(16)7-11/h11-16H,1-10,17H2. The summed E-state index contributed by atoms with van der Waals surface area (Å²) < 4.78 is 0. The van der Waals surface area contributed by atoms with Crippen molar-refractivity contribution < 1.29 is 0 Å². The summed E-state index contributed by atoms with van der Waals surface area (Å²) in [5.74, 6) is 6.61. The van der Waals surface area contributed by atoms with E-state index in [1.165, 1.54) is 19.5 Å². The molecule has 2 heteroatoms. The van der Waals surface area contributed by atoms with E-state index in [-0.39, 0.29) is 0 Å². The highest BCUT2D eigenvalue weighted by molar-refractivity contribution is 5.01. The van der Waals surface area contributed by atoms with Crippen LogP contribution >= 0.6 is 0 Å². The molecule has 4 bridgehead atoms. The maximum Gasteiger partial charge on any atom is 0.0105 e. The highest BCUT2D eigenvalue weighted by Gasteiger charge is 2.51. The van der Waals surface area contributed by atoms with E-state index in [0.29, 0.717) is 0 Å². The highest BCUT2D eigenvalue weighted by atomic mass is 15.1. The van der Waals surface area contributed by atoms with Crippen molar-refractivity contribution in [3.8, 4) is 0 Å². The zero-order chi connectivity index (χ0) is 12.1. The molecule has 1 saturated heterocycles. The van der Waals surface area contributed by atoms with Gasteiger partial charge in [0.2, 0.25) is 0 Å². The largest absolute Gasteiger partial charge is 0.329 e. The topological polar surface area (TPSA) is 29.3 Å². The average Bonchev–Trinajstić information content (AvgIpc) is 2.76. The van der Waals surface area contributed by atoms with Gasteiger partial charge < -0.3 is 10.6 Å². The number of hydrogen-bond donors (Lipinski definition) is 1. The van der Waals surface area contributed by atoms with Gasteiger partial charge in [0.05, 0.1) is 0 Å². The van der Waals surface area contributed by atoms with Gasteiger partial charge in [-0.1, -0.05) is 0 Å². The van der Waals surface area contributed by atoms with Crippen LogP contribution in [0.25, 0.3) is 0 Å². The molecule has 5 rings (SSSR count). The third-order valence-electron chi connectivity index (χ3n) is 6.60. The Labute approximate surface area is 111 Å².